The van der Waals surface area contributed by atoms with Crippen LogP contribution in [0.1, 0.15) is 12.0 Å². The van der Waals surface area contributed by atoms with E-state index in [2.05, 4.69) is 9.88 Å². The van der Waals surface area contributed by atoms with Crippen molar-refractivity contribution in [2.45, 2.75) is 24.9 Å². The summed E-state index contributed by atoms with van der Waals surface area (Å²) >= 11 is 1.21. The number of thiazole rings is 1. The zero-order valence-corrected chi connectivity index (χ0v) is 16.6. The average Bonchev–Trinajstić information content (AvgIpc) is 3.41. The lowest BCUT2D eigenvalue weighted by Crippen LogP contribution is -2.50. The van der Waals surface area contributed by atoms with Crippen LogP contribution < -0.4 is 10.5 Å². The molecule has 2 bridgehead atoms. The summed E-state index contributed by atoms with van der Waals surface area (Å²) < 4.78 is 20.1. The molecule has 2 saturated heterocycles. The van der Waals surface area contributed by atoms with Gasteiger partial charge < -0.3 is 15.4 Å². The Balaban J connectivity index is 1.18. The van der Waals surface area contributed by atoms with Gasteiger partial charge in [0.1, 0.15) is 11.6 Å². The molecule has 0 saturated carbocycles. The number of urea groups is 1. The van der Waals surface area contributed by atoms with Gasteiger partial charge in [-0.1, -0.05) is 29.5 Å². The van der Waals surface area contributed by atoms with Gasteiger partial charge in [0.15, 0.2) is 0 Å². The number of rotatable bonds is 5. The Morgan fingerprint density at radius 3 is 2.72 bits per heavy atom. The molecule has 2 amide bonds. The molecule has 0 spiro atoms. The third-order valence-electron chi connectivity index (χ3n) is 5.80. The van der Waals surface area contributed by atoms with Crippen LogP contribution in [0.15, 0.2) is 42.5 Å². The summed E-state index contributed by atoms with van der Waals surface area (Å²) in [5.41, 5.74) is 7.26. The Bertz CT molecular complexity index is 1050. The molecule has 5 rings (SSSR count). The molecule has 1 aromatic heterocycles. The molecule has 0 radical (unpaired) electrons. The lowest BCUT2D eigenvalue weighted by molar-refractivity contribution is 0.142. The van der Waals surface area contributed by atoms with Crippen molar-refractivity contribution in [1.82, 2.24) is 14.8 Å². The van der Waals surface area contributed by atoms with E-state index in [1.54, 1.807) is 17.0 Å². The lowest BCUT2D eigenvalue weighted by atomic mass is 10.1. The molecular formula is C21H21FN4O2S. The molecule has 2 aromatic carbocycles. The first-order valence-corrected chi connectivity index (χ1v) is 10.5. The van der Waals surface area contributed by atoms with Gasteiger partial charge in [-0.3, -0.25) is 4.90 Å². The maximum absolute atomic E-state index is 13.8. The van der Waals surface area contributed by atoms with Gasteiger partial charge in [0.2, 0.25) is 0 Å². The van der Waals surface area contributed by atoms with Gasteiger partial charge in [-0.05, 0) is 42.7 Å². The van der Waals surface area contributed by atoms with Crippen LogP contribution in [0.4, 0.5) is 9.18 Å². The minimum Gasteiger partial charge on any atom is -0.431 e. The standard InChI is InChI=1S/C21H21FN4O2S/c22-17-2-1-3-18-19(17)29-21(24-18)28-16-6-4-13(5-7-16)8-9-25-11-15-10-14(25)12-26(15)20(23)27/h1-7,14-15H,8-12H2,(H2,23,27). The number of nitrogens with two attached hydrogens (primary N) is 1. The molecular weight excluding hydrogens is 391 g/mol. The summed E-state index contributed by atoms with van der Waals surface area (Å²) in [6.07, 6.45) is 1.96. The van der Waals surface area contributed by atoms with Gasteiger partial charge in [0, 0.05) is 31.7 Å². The first-order chi connectivity index (χ1) is 14.1. The van der Waals surface area contributed by atoms with E-state index in [1.165, 1.54) is 23.0 Å². The highest BCUT2D eigenvalue weighted by molar-refractivity contribution is 7.20. The van der Waals surface area contributed by atoms with Gasteiger partial charge in [-0.25, -0.2) is 14.2 Å². The van der Waals surface area contributed by atoms with Crippen LogP contribution in [0.3, 0.4) is 0 Å². The molecule has 2 N–H and O–H groups in total. The molecule has 29 heavy (non-hydrogen) atoms. The highest BCUT2D eigenvalue weighted by Gasteiger charge is 2.44. The molecule has 0 aliphatic carbocycles. The van der Waals surface area contributed by atoms with Crippen molar-refractivity contribution in [2.24, 2.45) is 5.73 Å². The van der Waals surface area contributed by atoms with Gasteiger partial charge in [-0.2, -0.15) is 0 Å². The third-order valence-corrected chi connectivity index (χ3v) is 6.76. The predicted octanol–water partition coefficient (Wildman–Crippen LogP) is 3.61. The summed E-state index contributed by atoms with van der Waals surface area (Å²) in [4.78, 5) is 20.0. The van der Waals surface area contributed by atoms with Crippen molar-refractivity contribution in [2.75, 3.05) is 19.6 Å². The number of aromatic nitrogens is 1. The third kappa shape index (κ3) is 3.54. The summed E-state index contributed by atoms with van der Waals surface area (Å²) in [7, 11) is 0. The zero-order chi connectivity index (χ0) is 20.0. The largest absolute Gasteiger partial charge is 0.431 e. The number of piperazine rings is 1. The van der Waals surface area contributed by atoms with E-state index in [0.717, 1.165) is 32.5 Å². The number of nitrogens with zero attached hydrogens (tertiary/aromatic N) is 3. The molecule has 3 heterocycles. The Morgan fingerprint density at radius 1 is 1.21 bits per heavy atom. The number of hydrogen-bond acceptors (Lipinski definition) is 5. The van der Waals surface area contributed by atoms with Gasteiger partial charge >= 0.3 is 6.03 Å². The number of likely N-dealkylation sites (tertiary alicyclic amines) is 2. The molecule has 2 unspecified atom stereocenters. The monoisotopic (exact) mass is 412 g/mol. The molecule has 2 aliphatic heterocycles. The van der Waals surface area contributed by atoms with E-state index in [4.69, 9.17) is 10.5 Å². The SMILES string of the molecule is NC(=O)N1CC2CC1CN2CCc1ccc(Oc2nc3cccc(F)c3s2)cc1. The van der Waals surface area contributed by atoms with Gasteiger partial charge in [-0.15, -0.1) is 0 Å². The second-order valence-electron chi connectivity index (χ2n) is 7.59. The molecule has 6 nitrogen and oxygen atoms in total. The number of halogens is 1. The van der Waals surface area contributed by atoms with Crippen molar-refractivity contribution >= 4 is 27.6 Å². The first-order valence-electron chi connectivity index (χ1n) is 9.69. The molecule has 3 aromatic rings. The van der Waals surface area contributed by atoms with Crippen molar-refractivity contribution in [3.63, 3.8) is 0 Å². The summed E-state index contributed by atoms with van der Waals surface area (Å²) in [6.45, 7) is 2.61. The van der Waals surface area contributed by atoms with Crippen LogP contribution in [0.25, 0.3) is 10.2 Å². The lowest BCUT2D eigenvalue weighted by Gasteiger charge is -2.33. The highest BCUT2D eigenvalue weighted by Crippen LogP contribution is 2.33. The van der Waals surface area contributed by atoms with Crippen LogP contribution in [-0.2, 0) is 6.42 Å². The van der Waals surface area contributed by atoms with E-state index < -0.39 is 0 Å². The predicted molar refractivity (Wildman–Crippen MR) is 110 cm³/mol. The van der Waals surface area contributed by atoms with Crippen molar-refractivity contribution in [3.8, 4) is 10.9 Å². The Kier molecular flexibility index (Phi) is 4.60. The second-order valence-corrected chi connectivity index (χ2v) is 8.55. The second kappa shape index (κ2) is 7.27. The summed E-state index contributed by atoms with van der Waals surface area (Å²) in [5.74, 6) is 0.408. The molecule has 2 atom stereocenters. The van der Waals surface area contributed by atoms with Crippen LogP contribution in [-0.4, -0.2) is 52.5 Å². The quantitative estimate of drug-likeness (QED) is 0.695. The maximum atomic E-state index is 13.8. The van der Waals surface area contributed by atoms with Crippen molar-refractivity contribution in [3.05, 3.63) is 53.8 Å². The van der Waals surface area contributed by atoms with E-state index in [0.29, 0.717) is 27.2 Å². The number of benzene rings is 2. The van der Waals surface area contributed by atoms with E-state index in [9.17, 15) is 9.18 Å². The molecule has 150 valence electrons. The molecule has 2 aliphatic rings. The fourth-order valence-corrected chi connectivity index (χ4v) is 5.17. The number of fused-ring (bicyclic) bond motifs is 3. The maximum Gasteiger partial charge on any atom is 0.315 e. The van der Waals surface area contributed by atoms with Gasteiger partial charge in [0.05, 0.1) is 10.2 Å². The number of ether oxygens (including phenoxy) is 1. The van der Waals surface area contributed by atoms with E-state index >= 15 is 0 Å². The number of primary amides is 1. The van der Waals surface area contributed by atoms with Crippen LogP contribution in [0.2, 0.25) is 0 Å². The summed E-state index contributed by atoms with van der Waals surface area (Å²) in [6, 6.07) is 13.2. The fourth-order valence-electron chi connectivity index (χ4n) is 4.33. The highest BCUT2D eigenvalue weighted by atomic mass is 32.1. The normalized spacial score (nSPS) is 21.2. The van der Waals surface area contributed by atoms with Crippen LogP contribution in [0.5, 0.6) is 10.9 Å². The topological polar surface area (TPSA) is 71.7 Å². The van der Waals surface area contributed by atoms with Crippen LogP contribution in [0, 0.1) is 5.82 Å². The number of carbonyl (C=O) groups is 1. The average molecular weight is 412 g/mol. The Morgan fingerprint density at radius 2 is 2.03 bits per heavy atom. The smallest absolute Gasteiger partial charge is 0.315 e. The van der Waals surface area contributed by atoms with E-state index in [-0.39, 0.29) is 17.9 Å². The van der Waals surface area contributed by atoms with Crippen LogP contribution >= 0.6 is 11.3 Å². The minimum absolute atomic E-state index is 0.270. The fraction of sp³-hybridized carbons (Fsp3) is 0.333. The zero-order valence-electron chi connectivity index (χ0n) is 15.8. The number of amides is 2. The molecule has 8 heteroatoms. The van der Waals surface area contributed by atoms with Gasteiger partial charge in [0.25, 0.3) is 5.19 Å². The molecule has 2 fully saturated rings. The van der Waals surface area contributed by atoms with Crippen molar-refractivity contribution < 1.29 is 13.9 Å². The number of carbonyl (C=O) groups excluding carboxylic acids is 1. The minimum atomic E-state index is -0.302. The van der Waals surface area contributed by atoms with Crippen molar-refractivity contribution in [1.29, 1.82) is 0 Å². The Labute approximate surface area is 171 Å². The summed E-state index contributed by atoms with van der Waals surface area (Å²) in [5, 5.41) is 0.435. The Hall–Kier alpha value is -2.71. The number of hydrogen-bond donors (Lipinski definition) is 1. The van der Waals surface area contributed by atoms with E-state index in [1.807, 2.05) is 24.3 Å². The first kappa shape index (κ1) is 18.3.